The van der Waals surface area contributed by atoms with E-state index in [9.17, 15) is 17.6 Å². The number of anilines is 1. The highest BCUT2D eigenvalue weighted by molar-refractivity contribution is 9.08. The van der Waals surface area contributed by atoms with Crippen molar-refractivity contribution in [2.24, 2.45) is 0 Å². The van der Waals surface area contributed by atoms with Gasteiger partial charge in [-0.25, -0.2) is 4.39 Å². The van der Waals surface area contributed by atoms with Crippen LogP contribution in [-0.2, 0) is 11.5 Å². The summed E-state index contributed by atoms with van der Waals surface area (Å²) in [6.07, 6.45) is -4.76. The summed E-state index contributed by atoms with van der Waals surface area (Å²) in [5.41, 5.74) is 3.46. The van der Waals surface area contributed by atoms with E-state index >= 15 is 0 Å². The zero-order chi connectivity index (χ0) is 10.9. The summed E-state index contributed by atoms with van der Waals surface area (Å²) < 4.78 is 49.7. The average Bonchev–Trinajstić information content (AvgIpc) is 2.02. The van der Waals surface area contributed by atoms with Crippen LogP contribution < -0.4 is 5.73 Å². The van der Waals surface area contributed by atoms with E-state index < -0.39 is 23.2 Å². The van der Waals surface area contributed by atoms with Crippen LogP contribution in [0.5, 0.6) is 0 Å². The molecule has 1 rings (SSSR count). The fourth-order valence-corrected chi connectivity index (χ4v) is 1.53. The molecular weight excluding hydrogens is 266 g/mol. The molecule has 0 fully saturated rings. The van der Waals surface area contributed by atoms with E-state index in [1.165, 1.54) is 6.07 Å². The van der Waals surface area contributed by atoms with Crippen LogP contribution in [0.2, 0.25) is 0 Å². The normalized spacial score (nSPS) is 11.8. The second-order valence-electron chi connectivity index (χ2n) is 2.63. The van der Waals surface area contributed by atoms with Crippen LogP contribution in [0.25, 0.3) is 0 Å². The smallest absolute Gasteiger partial charge is 0.398 e. The van der Waals surface area contributed by atoms with Gasteiger partial charge in [-0.15, -0.1) is 0 Å². The molecule has 0 saturated heterocycles. The van der Waals surface area contributed by atoms with Crippen LogP contribution in [0.15, 0.2) is 12.1 Å². The third kappa shape index (κ3) is 2.00. The molecule has 1 aromatic carbocycles. The fourth-order valence-electron chi connectivity index (χ4n) is 1.04. The Morgan fingerprint density at radius 3 is 2.29 bits per heavy atom. The molecule has 0 aliphatic heterocycles. The van der Waals surface area contributed by atoms with E-state index in [2.05, 4.69) is 15.9 Å². The molecular formula is C8H6BrF4N. The Kier molecular flexibility index (Phi) is 3.04. The SMILES string of the molecule is Nc1c(CBr)ccc(F)c1C(F)(F)F. The highest BCUT2D eigenvalue weighted by Gasteiger charge is 2.37. The van der Waals surface area contributed by atoms with Crippen LogP contribution in [0.3, 0.4) is 0 Å². The number of nitrogen functional groups attached to an aromatic ring is 1. The Labute approximate surface area is 86.0 Å². The van der Waals surface area contributed by atoms with Gasteiger partial charge in [0.1, 0.15) is 11.4 Å². The Hall–Kier alpha value is -0.780. The molecule has 0 aliphatic carbocycles. The van der Waals surface area contributed by atoms with Gasteiger partial charge in [0.2, 0.25) is 0 Å². The minimum Gasteiger partial charge on any atom is -0.398 e. The second-order valence-corrected chi connectivity index (χ2v) is 3.19. The summed E-state index contributed by atoms with van der Waals surface area (Å²) in [4.78, 5) is 0. The molecule has 0 heterocycles. The lowest BCUT2D eigenvalue weighted by Gasteiger charge is -2.13. The molecule has 6 heteroatoms. The first-order valence-electron chi connectivity index (χ1n) is 3.58. The van der Waals surface area contributed by atoms with Crippen molar-refractivity contribution in [2.75, 3.05) is 5.73 Å². The summed E-state index contributed by atoms with van der Waals surface area (Å²) in [6, 6.07) is 1.98. The van der Waals surface area contributed by atoms with E-state index in [1.54, 1.807) is 0 Å². The fraction of sp³-hybridized carbons (Fsp3) is 0.250. The van der Waals surface area contributed by atoms with Crippen LogP contribution in [0, 0.1) is 5.82 Å². The van der Waals surface area contributed by atoms with Crippen molar-refractivity contribution in [1.29, 1.82) is 0 Å². The van der Waals surface area contributed by atoms with Gasteiger partial charge in [-0.05, 0) is 11.6 Å². The molecule has 0 aromatic heterocycles. The molecule has 78 valence electrons. The summed E-state index contributed by atoms with van der Waals surface area (Å²) in [6.45, 7) is 0. The lowest BCUT2D eigenvalue weighted by Crippen LogP contribution is -2.13. The van der Waals surface area contributed by atoms with Crippen LogP contribution in [0.4, 0.5) is 23.2 Å². The number of rotatable bonds is 1. The Balaban J connectivity index is 3.40. The largest absolute Gasteiger partial charge is 0.421 e. The summed E-state index contributed by atoms with van der Waals surface area (Å²) >= 11 is 2.96. The second kappa shape index (κ2) is 3.76. The minimum atomic E-state index is -4.76. The summed E-state index contributed by atoms with van der Waals surface area (Å²) in [5, 5.41) is 0.155. The lowest BCUT2D eigenvalue weighted by molar-refractivity contribution is -0.139. The van der Waals surface area contributed by atoms with E-state index in [0.717, 1.165) is 6.07 Å². The molecule has 0 radical (unpaired) electrons. The summed E-state index contributed by atoms with van der Waals surface area (Å²) in [5.74, 6) is -1.35. The van der Waals surface area contributed by atoms with Crippen molar-refractivity contribution >= 4 is 21.6 Å². The highest BCUT2D eigenvalue weighted by atomic mass is 79.9. The molecule has 0 amide bonds. The Morgan fingerprint density at radius 1 is 1.29 bits per heavy atom. The van der Waals surface area contributed by atoms with Gasteiger partial charge in [0, 0.05) is 5.33 Å². The number of hydrogen-bond donors (Lipinski definition) is 1. The lowest BCUT2D eigenvalue weighted by atomic mass is 10.1. The average molecular weight is 272 g/mol. The Bertz CT molecular complexity index is 348. The number of halogens is 5. The van der Waals surface area contributed by atoms with E-state index in [0.29, 0.717) is 0 Å². The van der Waals surface area contributed by atoms with Gasteiger partial charge in [0.25, 0.3) is 0 Å². The highest BCUT2D eigenvalue weighted by Crippen LogP contribution is 2.37. The van der Waals surface area contributed by atoms with E-state index in [-0.39, 0.29) is 10.9 Å². The third-order valence-corrected chi connectivity index (χ3v) is 2.32. The van der Waals surface area contributed by atoms with Crippen molar-refractivity contribution in [1.82, 2.24) is 0 Å². The molecule has 14 heavy (non-hydrogen) atoms. The number of nitrogens with two attached hydrogens (primary N) is 1. The minimum absolute atomic E-state index is 0.155. The third-order valence-electron chi connectivity index (χ3n) is 1.71. The molecule has 1 nitrogen and oxygen atoms in total. The van der Waals surface area contributed by atoms with Gasteiger partial charge in [-0.1, -0.05) is 22.0 Å². The monoisotopic (exact) mass is 271 g/mol. The number of benzene rings is 1. The summed E-state index contributed by atoms with van der Waals surface area (Å²) in [7, 11) is 0. The van der Waals surface area contributed by atoms with E-state index in [4.69, 9.17) is 5.73 Å². The predicted octanol–water partition coefficient (Wildman–Crippen LogP) is 3.32. The van der Waals surface area contributed by atoms with Crippen molar-refractivity contribution in [3.05, 3.63) is 29.1 Å². The van der Waals surface area contributed by atoms with Gasteiger partial charge < -0.3 is 5.73 Å². The first-order valence-corrected chi connectivity index (χ1v) is 4.70. The van der Waals surface area contributed by atoms with Gasteiger partial charge in [-0.3, -0.25) is 0 Å². The molecule has 1 aromatic rings. The van der Waals surface area contributed by atoms with E-state index in [1.807, 2.05) is 0 Å². The number of alkyl halides is 4. The molecule has 2 N–H and O–H groups in total. The quantitative estimate of drug-likeness (QED) is 0.473. The zero-order valence-corrected chi connectivity index (χ0v) is 8.41. The maximum atomic E-state index is 12.8. The Morgan fingerprint density at radius 2 is 1.86 bits per heavy atom. The first-order chi connectivity index (χ1) is 6.38. The molecule has 0 spiro atoms. The molecule has 0 aliphatic rings. The van der Waals surface area contributed by atoms with Crippen molar-refractivity contribution < 1.29 is 17.6 Å². The van der Waals surface area contributed by atoms with Crippen LogP contribution in [-0.4, -0.2) is 0 Å². The van der Waals surface area contributed by atoms with Gasteiger partial charge in [0.15, 0.2) is 0 Å². The van der Waals surface area contributed by atoms with Crippen molar-refractivity contribution in [3.8, 4) is 0 Å². The standard InChI is InChI=1S/C8H6BrF4N/c9-3-4-1-2-5(10)6(7(4)14)8(11,12)13/h1-2H,3,14H2. The molecule has 0 unspecified atom stereocenters. The van der Waals surface area contributed by atoms with Gasteiger partial charge >= 0.3 is 6.18 Å². The maximum Gasteiger partial charge on any atom is 0.421 e. The maximum absolute atomic E-state index is 12.8. The zero-order valence-electron chi connectivity index (χ0n) is 6.83. The van der Waals surface area contributed by atoms with Crippen LogP contribution >= 0.6 is 15.9 Å². The van der Waals surface area contributed by atoms with Crippen molar-refractivity contribution in [3.63, 3.8) is 0 Å². The first kappa shape index (κ1) is 11.3. The molecule has 0 saturated carbocycles. The van der Waals surface area contributed by atoms with Crippen LogP contribution in [0.1, 0.15) is 11.1 Å². The number of hydrogen-bond acceptors (Lipinski definition) is 1. The molecule has 0 atom stereocenters. The van der Waals surface area contributed by atoms with Gasteiger partial charge in [-0.2, -0.15) is 13.2 Å². The van der Waals surface area contributed by atoms with Crippen molar-refractivity contribution in [2.45, 2.75) is 11.5 Å². The predicted molar refractivity (Wildman–Crippen MR) is 48.4 cm³/mol. The topological polar surface area (TPSA) is 26.0 Å². The van der Waals surface area contributed by atoms with Gasteiger partial charge in [0.05, 0.1) is 5.69 Å². The molecule has 0 bridgehead atoms.